The van der Waals surface area contributed by atoms with Gasteiger partial charge in [0.2, 0.25) is 0 Å². The molecule has 4 nitrogen and oxygen atoms in total. The zero-order valence-electron chi connectivity index (χ0n) is 13.4. The van der Waals surface area contributed by atoms with E-state index in [1.54, 1.807) is 0 Å². The number of ether oxygens (including phenoxy) is 1. The molecule has 4 rings (SSSR count). The highest BCUT2D eigenvalue weighted by atomic mass is 16.5. The second-order valence-electron chi connectivity index (χ2n) is 6.40. The van der Waals surface area contributed by atoms with Crippen molar-refractivity contribution in [1.29, 1.82) is 0 Å². The lowest BCUT2D eigenvalue weighted by atomic mass is 10.0. The number of fused-ring (bicyclic) bond motifs is 1. The third-order valence-corrected chi connectivity index (χ3v) is 4.67. The summed E-state index contributed by atoms with van der Waals surface area (Å²) in [5.74, 6) is 0.636. The number of hydrogen-bond donors (Lipinski definition) is 0. The number of aromatic nitrogens is 3. The van der Waals surface area contributed by atoms with E-state index in [4.69, 9.17) is 4.74 Å². The van der Waals surface area contributed by atoms with Crippen LogP contribution in [0.3, 0.4) is 0 Å². The van der Waals surface area contributed by atoms with Gasteiger partial charge in [-0.05, 0) is 48.9 Å². The van der Waals surface area contributed by atoms with E-state index in [0.29, 0.717) is 5.92 Å². The molecule has 0 N–H and O–H groups in total. The van der Waals surface area contributed by atoms with Crippen molar-refractivity contribution in [2.24, 2.45) is 5.92 Å². The average Bonchev–Trinajstić information content (AvgIpc) is 2.99. The summed E-state index contributed by atoms with van der Waals surface area (Å²) in [6, 6.07) is 15.0. The molecule has 0 atom stereocenters. The number of nitrogens with zero attached hydrogens (tertiary/aromatic N) is 3. The Kier molecular flexibility index (Phi) is 3.83. The molecule has 1 saturated heterocycles. The predicted molar refractivity (Wildman–Crippen MR) is 91.2 cm³/mol. The Balaban J connectivity index is 1.66. The fourth-order valence-electron chi connectivity index (χ4n) is 3.20. The van der Waals surface area contributed by atoms with E-state index in [1.165, 1.54) is 16.7 Å². The number of benzene rings is 2. The lowest BCUT2D eigenvalue weighted by Crippen LogP contribution is -2.20. The molecule has 0 radical (unpaired) electrons. The van der Waals surface area contributed by atoms with Gasteiger partial charge in [-0.1, -0.05) is 41.1 Å². The van der Waals surface area contributed by atoms with Crippen LogP contribution in [0.4, 0.5) is 0 Å². The van der Waals surface area contributed by atoms with Crippen LogP contribution in [-0.2, 0) is 11.3 Å². The van der Waals surface area contributed by atoms with Crippen molar-refractivity contribution in [2.45, 2.75) is 26.3 Å². The lowest BCUT2D eigenvalue weighted by Gasteiger charge is -2.21. The third-order valence-electron chi connectivity index (χ3n) is 4.67. The van der Waals surface area contributed by atoms with Gasteiger partial charge in [0, 0.05) is 19.8 Å². The minimum Gasteiger partial charge on any atom is -0.381 e. The molecule has 0 bridgehead atoms. The summed E-state index contributed by atoms with van der Waals surface area (Å²) in [5.41, 5.74) is 5.81. The van der Waals surface area contributed by atoms with Crippen molar-refractivity contribution in [3.05, 3.63) is 48.0 Å². The van der Waals surface area contributed by atoms with Crippen LogP contribution in [0.25, 0.3) is 22.2 Å². The topological polar surface area (TPSA) is 39.9 Å². The molecule has 3 aromatic rings. The maximum Gasteiger partial charge on any atom is 0.113 e. The van der Waals surface area contributed by atoms with Crippen LogP contribution >= 0.6 is 0 Å². The van der Waals surface area contributed by atoms with Gasteiger partial charge in [0.1, 0.15) is 5.52 Å². The fourth-order valence-corrected chi connectivity index (χ4v) is 3.20. The molecule has 0 saturated carbocycles. The van der Waals surface area contributed by atoms with E-state index < -0.39 is 0 Å². The summed E-state index contributed by atoms with van der Waals surface area (Å²) < 4.78 is 7.51. The standard InChI is InChI=1S/C19H21N3O/c1-14-2-4-16(5-3-14)17-6-7-18-19(12-17)22(21-20-18)13-15-8-10-23-11-9-15/h2-7,12,15H,8-11,13H2,1H3. The van der Waals surface area contributed by atoms with Crippen LogP contribution in [0.1, 0.15) is 18.4 Å². The Labute approximate surface area is 136 Å². The Bertz CT molecular complexity index is 801. The zero-order chi connectivity index (χ0) is 15.6. The molecule has 0 amide bonds. The molecule has 0 aliphatic carbocycles. The normalized spacial score (nSPS) is 16.0. The molecule has 118 valence electrons. The Hall–Kier alpha value is -2.20. The molecule has 1 aromatic heterocycles. The summed E-state index contributed by atoms with van der Waals surface area (Å²) >= 11 is 0. The minimum absolute atomic E-state index is 0.636. The van der Waals surface area contributed by atoms with Crippen molar-refractivity contribution in [1.82, 2.24) is 15.0 Å². The summed E-state index contributed by atoms with van der Waals surface area (Å²) in [6.07, 6.45) is 2.22. The number of hydrogen-bond acceptors (Lipinski definition) is 3. The van der Waals surface area contributed by atoms with Gasteiger partial charge in [0.15, 0.2) is 0 Å². The quantitative estimate of drug-likeness (QED) is 0.738. The highest BCUT2D eigenvalue weighted by molar-refractivity contribution is 5.81. The molecule has 0 spiro atoms. The Morgan fingerprint density at radius 3 is 2.57 bits per heavy atom. The summed E-state index contributed by atoms with van der Waals surface area (Å²) in [6.45, 7) is 4.77. The van der Waals surface area contributed by atoms with Crippen LogP contribution in [0.15, 0.2) is 42.5 Å². The van der Waals surface area contributed by atoms with Crippen molar-refractivity contribution in [2.75, 3.05) is 13.2 Å². The van der Waals surface area contributed by atoms with E-state index in [2.05, 4.69) is 64.4 Å². The van der Waals surface area contributed by atoms with Crippen molar-refractivity contribution in [3.63, 3.8) is 0 Å². The van der Waals surface area contributed by atoms with Crippen LogP contribution in [-0.4, -0.2) is 28.2 Å². The SMILES string of the molecule is Cc1ccc(-c2ccc3nnn(CC4CCOCC4)c3c2)cc1. The van der Waals surface area contributed by atoms with Crippen LogP contribution in [0, 0.1) is 12.8 Å². The Morgan fingerprint density at radius 2 is 1.78 bits per heavy atom. The van der Waals surface area contributed by atoms with Gasteiger partial charge < -0.3 is 4.74 Å². The van der Waals surface area contributed by atoms with Gasteiger partial charge in [0.05, 0.1) is 5.52 Å². The van der Waals surface area contributed by atoms with Gasteiger partial charge in [-0.15, -0.1) is 5.10 Å². The fraction of sp³-hybridized carbons (Fsp3) is 0.368. The highest BCUT2D eigenvalue weighted by Crippen LogP contribution is 2.25. The third kappa shape index (κ3) is 2.99. The molecular formula is C19H21N3O. The second kappa shape index (κ2) is 6.13. The average molecular weight is 307 g/mol. The first-order valence-electron chi connectivity index (χ1n) is 8.27. The number of aryl methyl sites for hydroxylation is 1. The largest absolute Gasteiger partial charge is 0.381 e. The molecular weight excluding hydrogens is 286 g/mol. The van der Waals surface area contributed by atoms with Crippen LogP contribution in [0.5, 0.6) is 0 Å². The van der Waals surface area contributed by atoms with Crippen LogP contribution in [0.2, 0.25) is 0 Å². The van der Waals surface area contributed by atoms with Crippen molar-refractivity contribution < 1.29 is 4.74 Å². The lowest BCUT2D eigenvalue weighted by molar-refractivity contribution is 0.0604. The molecule has 2 aromatic carbocycles. The Morgan fingerprint density at radius 1 is 1.04 bits per heavy atom. The first-order chi connectivity index (χ1) is 11.3. The summed E-state index contributed by atoms with van der Waals surface area (Å²) in [5, 5.41) is 8.68. The van der Waals surface area contributed by atoms with Crippen molar-refractivity contribution >= 4 is 11.0 Å². The number of rotatable bonds is 3. The first kappa shape index (κ1) is 14.4. The van der Waals surface area contributed by atoms with Crippen molar-refractivity contribution in [3.8, 4) is 11.1 Å². The smallest absolute Gasteiger partial charge is 0.113 e. The molecule has 4 heteroatoms. The van der Waals surface area contributed by atoms with E-state index in [9.17, 15) is 0 Å². The van der Waals surface area contributed by atoms with E-state index in [0.717, 1.165) is 43.6 Å². The van der Waals surface area contributed by atoms with Gasteiger partial charge in [-0.2, -0.15) is 0 Å². The van der Waals surface area contributed by atoms with E-state index >= 15 is 0 Å². The molecule has 2 heterocycles. The maximum atomic E-state index is 5.45. The van der Waals surface area contributed by atoms with E-state index in [1.807, 2.05) is 0 Å². The van der Waals surface area contributed by atoms with E-state index in [-0.39, 0.29) is 0 Å². The molecule has 23 heavy (non-hydrogen) atoms. The van der Waals surface area contributed by atoms with Gasteiger partial charge in [-0.25, -0.2) is 4.68 Å². The molecule has 1 aliphatic rings. The summed E-state index contributed by atoms with van der Waals surface area (Å²) in [4.78, 5) is 0. The van der Waals surface area contributed by atoms with Crippen LogP contribution < -0.4 is 0 Å². The van der Waals surface area contributed by atoms with Gasteiger partial charge >= 0.3 is 0 Å². The monoisotopic (exact) mass is 307 g/mol. The summed E-state index contributed by atoms with van der Waals surface area (Å²) in [7, 11) is 0. The molecule has 0 unspecified atom stereocenters. The second-order valence-corrected chi connectivity index (χ2v) is 6.40. The maximum absolute atomic E-state index is 5.45. The van der Waals surface area contributed by atoms with Gasteiger partial charge in [-0.3, -0.25) is 0 Å². The highest BCUT2D eigenvalue weighted by Gasteiger charge is 2.16. The van der Waals surface area contributed by atoms with Gasteiger partial charge in [0.25, 0.3) is 0 Å². The molecule has 1 fully saturated rings. The minimum atomic E-state index is 0.636. The predicted octanol–water partition coefficient (Wildman–Crippen LogP) is 3.83. The zero-order valence-corrected chi connectivity index (χ0v) is 13.4. The molecule has 1 aliphatic heterocycles. The first-order valence-corrected chi connectivity index (χ1v) is 8.27.